The number of rotatable bonds is 7. The van der Waals surface area contributed by atoms with Crippen LogP contribution in [0.3, 0.4) is 0 Å². The largest absolute Gasteiger partial charge is 0.497 e. The Kier molecular flexibility index (Phi) is 6.02. The predicted octanol–water partition coefficient (Wildman–Crippen LogP) is 2.17. The summed E-state index contributed by atoms with van der Waals surface area (Å²) in [4.78, 5) is 0. The van der Waals surface area contributed by atoms with Gasteiger partial charge in [0.2, 0.25) is 0 Å². The van der Waals surface area contributed by atoms with E-state index in [9.17, 15) is 10.2 Å². The van der Waals surface area contributed by atoms with Gasteiger partial charge < -0.3 is 38.3 Å². The minimum Gasteiger partial charge on any atom is -0.497 e. The van der Waals surface area contributed by atoms with Gasteiger partial charge in [0.1, 0.15) is 49.0 Å². The number of hydrogen-bond donors (Lipinski definition) is 2. The van der Waals surface area contributed by atoms with E-state index in [2.05, 4.69) is 33.9 Å². The van der Waals surface area contributed by atoms with Gasteiger partial charge in [-0.2, -0.15) is 0 Å². The normalized spacial score (nSPS) is 37.3. The van der Waals surface area contributed by atoms with E-state index in [-0.39, 0.29) is 11.6 Å². The smallest absolute Gasteiger partial charge is 0.309 e. The summed E-state index contributed by atoms with van der Waals surface area (Å²) in [7, 11) is -0.570. The fraction of sp³-hybridized carbons (Fsp3) is 0.727. The third-order valence-electron chi connectivity index (χ3n) is 6.88. The maximum atomic E-state index is 10.8. The zero-order valence-corrected chi connectivity index (χ0v) is 20.0. The lowest BCUT2D eigenvalue weighted by atomic mass is 9.82. The first-order valence-electron chi connectivity index (χ1n) is 10.7. The molecule has 0 amide bonds. The molecule has 4 atom stereocenters. The van der Waals surface area contributed by atoms with E-state index in [0.29, 0.717) is 6.61 Å². The van der Waals surface area contributed by atoms with Crippen LogP contribution in [0.25, 0.3) is 0 Å². The van der Waals surface area contributed by atoms with Crippen molar-refractivity contribution in [2.45, 2.75) is 88.1 Å². The monoisotopic (exact) mass is 454 g/mol. The van der Waals surface area contributed by atoms with E-state index in [0.717, 1.165) is 11.3 Å². The third kappa shape index (κ3) is 4.18. The minimum absolute atomic E-state index is 0.00871. The number of aliphatic hydroxyl groups is 2. The molecule has 4 aliphatic rings. The highest BCUT2D eigenvalue weighted by Crippen LogP contribution is 2.48. The average molecular weight is 455 g/mol. The fourth-order valence-electron chi connectivity index (χ4n) is 4.04. The van der Waals surface area contributed by atoms with Crippen molar-refractivity contribution >= 4 is 8.32 Å². The van der Waals surface area contributed by atoms with Crippen LogP contribution in [0.5, 0.6) is 5.75 Å². The molecular formula is C22H34O8Si. The van der Waals surface area contributed by atoms with Gasteiger partial charge in [0, 0.05) is 0 Å². The molecule has 4 unspecified atom stereocenters. The Morgan fingerprint density at radius 1 is 0.968 bits per heavy atom. The van der Waals surface area contributed by atoms with Crippen molar-refractivity contribution in [1.29, 1.82) is 0 Å². The van der Waals surface area contributed by atoms with Crippen molar-refractivity contribution in [3.63, 3.8) is 0 Å². The topological polar surface area (TPSA) is 95.8 Å². The molecule has 5 rings (SSSR count). The molecule has 4 fully saturated rings. The van der Waals surface area contributed by atoms with E-state index in [4.69, 9.17) is 28.1 Å². The van der Waals surface area contributed by atoms with Crippen molar-refractivity contribution < 1.29 is 38.3 Å². The summed E-state index contributed by atoms with van der Waals surface area (Å²) in [6.45, 7) is 11.0. The van der Waals surface area contributed by atoms with Gasteiger partial charge >= 0.3 is 5.97 Å². The molecule has 3 aliphatic heterocycles. The molecule has 1 saturated carbocycles. The number of hydrogen-bond acceptors (Lipinski definition) is 8. The molecule has 3 heterocycles. The lowest BCUT2D eigenvalue weighted by molar-refractivity contribution is -0.542. The SMILES string of the molecule is COc1ccc(COCC23OC4C(O)C(O2)C(O[Si](C)(C)C(C)(C)C)C(O3)C4O)cc1. The van der Waals surface area contributed by atoms with Gasteiger partial charge in [0.25, 0.3) is 0 Å². The van der Waals surface area contributed by atoms with Crippen LogP contribution in [0.2, 0.25) is 18.1 Å². The van der Waals surface area contributed by atoms with Gasteiger partial charge in [0.05, 0.1) is 13.7 Å². The Bertz CT molecular complexity index is 757. The maximum Gasteiger partial charge on any atom is 0.309 e. The first-order chi connectivity index (χ1) is 14.5. The van der Waals surface area contributed by atoms with E-state index in [1.165, 1.54) is 0 Å². The first kappa shape index (κ1) is 23.1. The zero-order chi connectivity index (χ0) is 22.6. The molecule has 3 saturated heterocycles. The highest BCUT2D eigenvalue weighted by atomic mass is 28.4. The van der Waals surface area contributed by atoms with Crippen LogP contribution in [0, 0.1) is 0 Å². The summed E-state index contributed by atoms with van der Waals surface area (Å²) in [6, 6.07) is 7.56. The quantitative estimate of drug-likeness (QED) is 0.606. The van der Waals surface area contributed by atoms with Crippen molar-refractivity contribution in [2.24, 2.45) is 0 Å². The van der Waals surface area contributed by atoms with Crippen molar-refractivity contribution in [2.75, 3.05) is 13.7 Å². The summed E-state index contributed by atoms with van der Waals surface area (Å²) in [5, 5.41) is 21.5. The van der Waals surface area contributed by atoms with Crippen molar-refractivity contribution in [3.8, 4) is 5.75 Å². The second-order valence-corrected chi connectivity index (χ2v) is 14.9. The van der Waals surface area contributed by atoms with Crippen molar-refractivity contribution in [1.82, 2.24) is 0 Å². The van der Waals surface area contributed by atoms with E-state index in [1.54, 1.807) is 7.11 Å². The van der Waals surface area contributed by atoms with Crippen LogP contribution in [-0.2, 0) is 30.0 Å². The highest BCUT2D eigenvalue weighted by Gasteiger charge is 2.68. The molecule has 8 nitrogen and oxygen atoms in total. The van der Waals surface area contributed by atoms with Crippen LogP contribution in [0.4, 0.5) is 0 Å². The molecule has 2 N–H and O–H groups in total. The van der Waals surface area contributed by atoms with Crippen molar-refractivity contribution in [3.05, 3.63) is 29.8 Å². The summed E-state index contributed by atoms with van der Waals surface area (Å²) >= 11 is 0. The predicted molar refractivity (Wildman–Crippen MR) is 114 cm³/mol. The Hall–Kier alpha value is -1.04. The molecule has 0 spiro atoms. The maximum absolute atomic E-state index is 10.8. The molecule has 4 bridgehead atoms. The number of aliphatic hydroxyl groups excluding tert-OH is 2. The van der Waals surface area contributed by atoms with Crippen LogP contribution in [0.1, 0.15) is 26.3 Å². The molecule has 9 heteroatoms. The molecule has 1 aromatic carbocycles. The Labute approximate surface area is 184 Å². The molecule has 31 heavy (non-hydrogen) atoms. The van der Waals surface area contributed by atoms with Gasteiger partial charge in [-0.1, -0.05) is 32.9 Å². The van der Waals surface area contributed by atoms with E-state index in [1.807, 2.05) is 24.3 Å². The van der Waals surface area contributed by atoms with Crippen LogP contribution < -0.4 is 4.74 Å². The first-order valence-corrected chi connectivity index (χ1v) is 13.7. The molecule has 0 aromatic heterocycles. The Morgan fingerprint density at radius 3 is 2.03 bits per heavy atom. The van der Waals surface area contributed by atoms with Gasteiger partial charge in [-0.15, -0.1) is 0 Å². The van der Waals surface area contributed by atoms with Gasteiger partial charge in [0.15, 0.2) is 8.32 Å². The van der Waals surface area contributed by atoms with Gasteiger partial charge in [-0.3, -0.25) is 0 Å². The minimum atomic E-state index is -2.19. The number of benzene rings is 1. The van der Waals surface area contributed by atoms with Gasteiger partial charge in [-0.25, -0.2) is 0 Å². The summed E-state index contributed by atoms with van der Waals surface area (Å²) < 4.78 is 35.5. The van der Waals surface area contributed by atoms with Gasteiger partial charge in [-0.05, 0) is 35.8 Å². The number of methoxy groups -OCH3 is 1. The van der Waals surface area contributed by atoms with E-state index < -0.39 is 50.9 Å². The molecule has 174 valence electrons. The standard InChI is InChI=1S/C22H34O8Si/c1-21(2,3)31(5,6)30-20-18-15(23)17-16(24)19(20)29-22(27-17,28-18)12-26-11-13-7-9-14(25-4)10-8-13/h7-10,15-20,23-24H,11-12H2,1-6H3. The Balaban J connectivity index is 1.45. The molecular weight excluding hydrogens is 420 g/mol. The average Bonchev–Trinajstić information content (AvgIpc) is 2.70. The lowest BCUT2D eigenvalue weighted by Crippen LogP contribution is -2.80. The fourth-order valence-corrected chi connectivity index (χ4v) is 5.34. The van der Waals surface area contributed by atoms with Crippen LogP contribution in [-0.4, -0.2) is 74.8 Å². The van der Waals surface area contributed by atoms with Crippen LogP contribution in [0.15, 0.2) is 24.3 Å². The second kappa shape index (κ2) is 8.07. The zero-order valence-electron chi connectivity index (χ0n) is 19.0. The summed E-state index contributed by atoms with van der Waals surface area (Å²) in [5.74, 6) is -0.686. The summed E-state index contributed by atoms with van der Waals surface area (Å²) in [5.41, 5.74) is 0.963. The molecule has 1 aliphatic carbocycles. The number of ether oxygens (including phenoxy) is 5. The third-order valence-corrected chi connectivity index (χ3v) is 11.4. The molecule has 0 radical (unpaired) electrons. The van der Waals surface area contributed by atoms with Crippen LogP contribution >= 0.6 is 0 Å². The Morgan fingerprint density at radius 2 is 1.52 bits per heavy atom. The second-order valence-electron chi connectivity index (χ2n) is 10.1. The molecule has 1 aromatic rings. The van der Waals surface area contributed by atoms with E-state index >= 15 is 0 Å². The lowest BCUT2D eigenvalue weighted by Gasteiger charge is -2.62. The highest BCUT2D eigenvalue weighted by molar-refractivity contribution is 6.74. The summed E-state index contributed by atoms with van der Waals surface area (Å²) in [6.07, 6.45) is -4.68.